The molecule has 3 rings (SSSR count). The summed E-state index contributed by atoms with van der Waals surface area (Å²) in [4.78, 5) is 21.7. The lowest BCUT2D eigenvalue weighted by Gasteiger charge is -2.30. The molecule has 0 atom stereocenters. The first kappa shape index (κ1) is 15.2. The maximum atomic E-state index is 11.0. The number of rotatable bonds is 4. The molecule has 0 spiro atoms. The van der Waals surface area contributed by atoms with Gasteiger partial charge in [0.15, 0.2) is 5.75 Å². The van der Waals surface area contributed by atoms with Gasteiger partial charge in [-0.2, -0.15) is 0 Å². The lowest BCUT2D eigenvalue weighted by Crippen LogP contribution is -2.31. The van der Waals surface area contributed by atoms with Crippen molar-refractivity contribution in [3.05, 3.63) is 51.6 Å². The van der Waals surface area contributed by atoms with Crippen LogP contribution in [0.5, 0.6) is 5.75 Å². The molecule has 1 aromatic heterocycles. The van der Waals surface area contributed by atoms with Crippen molar-refractivity contribution in [3.8, 4) is 5.75 Å². The van der Waals surface area contributed by atoms with Gasteiger partial charge in [0.2, 0.25) is 0 Å². The van der Waals surface area contributed by atoms with Crippen molar-refractivity contribution in [1.82, 2.24) is 9.97 Å². The molecule has 7 heteroatoms. The van der Waals surface area contributed by atoms with Crippen molar-refractivity contribution >= 4 is 11.4 Å². The molecular formula is C16H18N4O3. The van der Waals surface area contributed by atoms with Gasteiger partial charge in [-0.3, -0.25) is 10.1 Å². The van der Waals surface area contributed by atoms with E-state index >= 15 is 0 Å². The zero-order valence-electron chi connectivity index (χ0n) is 13.2. The molecule has 2 aromatic rings. The highest BCUT2D eigenvalue weighted by molar-refractivity contribution is 5.60. The summed E-state index contributed by atoms with van der Waals surface area (Å²) in [6.45, 7) is 3.53. The summed E-state index contributed by atoms with van der Waals surface area (Å²) in [5.74, 6) is 1.11. The van der Waals surface area contributed by atoms with Gasteiger partial charge >= 0.3 is 5.69 Å². The number of anilines is 1. The third-order valence-electron chi connectivity index (χ3n) is 4.04. The standard InChI is InChI=1S/C16H18N4O3/c1-3-16-17-9-11-6-7-19(10-13(11)18-16)12-4-5-14(20(21)22)15(8-12)23-2/h4-5,8-9H,3,6-7,10H2,1-2H3. The Morgan fingerprint density at radius 2 is 2.26 bits per heavy atom. The molecule has 2 heterocycles. The molecule has 0 radical (unpaired) electrons. The van der Waals surface area contributed by atoms with E-state index in [2.05, 4.69) is 14.9 Å². The van der Waals surface area contributed by atoms with Crippen LogP contribution >= 0.6 is 0 Å². The third kappa shape index (κ3) is 2.94. The van der Waals surface area contributed by atoms with Crippen molar-refractivity contribution in [2.24, 2.45) is 0 Å². The average Bonchev–Trinajstić information content (AvgIpc) is 2.59. The van der Waals surface area contributed by atoms with E-state index in [4.69, 9.17) is 4.74 Å². The number of hydrogen-bond donors (Lipinski definition) is 0. The van der Waals surface area contributed by atoms with E-state index in [9.17, 15) is 10.1 Å². The molecule has 0 saturated heterocycles. The number of hydrogen-bond acceptors (Lipinski definition) is 6. The fourth-order valence-corrected chi connectivity index (χ4v) is 2.75. The predicted molar refractivity (Wildman–Crippen MR) is 85.8 cm³/mol. The first-order chi connectivity index (χ1) is 11.1. The number of nitrogens with zero attached hydrogens (tertiary/aromatic N) is 4. The first-order valence-corrected chi connectivity index (χ1v) is 7.53. The quantitative estimate of drug-likeness (QED) is 0.637. The van der Waals surface area contributed by atoms with Crippen LogP contribution < -0.4 is 9.64 Å². The molecule has 0 N–H and O–H groups in total. The highest BCUT2D eigenvalue weighted by atomic mass is 16.6. The van der Waals surface area contributed by atoms with Crippen molar-refractivity contribution in [2.75, 3.05) is 18.6 Å². The maximum Gasteiger partial charge on any atom is 0.311 e. The molecule has 0 saturated carbocycles. The van der Waals surface area contributed by atoms with Crippen LogP contribution in [0.1, 0.15) is 24.0 Å². The number of nitro benzene ring substituents is 1. The number of fused-ring (bicyclic) bond motifs is 1. The van der Waals surface area contributed by atoms with Crippen LogP contribution in [0.25, 0.3) is 0 Å². The summed E-state index contributed by atoms with van der Waals surface area (Å²) in [7, 11) is 1.44. The molecule has 0 bridgehead atoms. The normalized spacial score (nSPS) is 13.6. The summed E-state index contributed by atoms with van der Waals surface area (Å²) in [6.07, 6.45) is 3.58. The monoisotopic (exact) mass is 314 g/mol. The predicted octanol–water partition coefficient (Wildman–Crippen LogP) is 2.52. The van der Waals surface area contributed by atoms with E-state index < -0.39 is 4.92 Å². The summed E-state index contributed by atoms with van der Waals surface area (Å²) in [5.41, 5.74) is 3.08. The molecular weight excluding hydrogens is 296 g/mol. The van der Waals surface area contributed by atoms with Gasteiger partial charge in [0.1, 0.15) is 5.82 Å². The number of nitro groups is 1. The highest BCUT2D eigenvalue weighted by Gasteiger charge is 2.21. The number of methoxy groups -OCH3 is 1. The van der Waals surface area contributed by atoms with Gasteiger partial charge in [0, 0.05) is 37.0 Å². The first-order valence-electron chi connectivity index (χ1n) is 7.53. The number of ether oxygens (including phenoxy) is 1. The molecule has 0 amide bonds. The summed E-state index contributed by atoms with van der Waals surface area (Å²) in [6, 6.07) is 4.96. The third-order valence-corrected chi connectivity index (χ3v) is 4.04. The Kier molecular flexibility index (Phi) is 4.10. The fourth-order valence-electron chi connectivity index (χ4n) is 2.75. The minimum atomic E-state index is -0.436. The molecule has 1 aromatic carbocycles. The van der Waals surface area contributed by atoms with Crippen molar-refractivity contribution < 1.29 is 9.66 Å². The van der Waals surface area contributed by atoms with Crippen LogP contribution in [0.2, 0.25) is 0 Å². The molecule has 0 fully saturated rings. The van der Waals surface area contributed by atoms with Crippen LogP contribution in [-0.4, -0.2) is 28.5 Å². The Morgan fingerprint density at radius 1 is 1.43 bits per heavy atom. The molecule has 0 unspecified atom stereocenters. The lowest BCUT2D eigenvalue weighted by atomic mass is 10.1. The van der Waals surface area contributed by atoms with Crippen LogP contribution in [0, 0.1) is 10.1 Å². The Labute approximate surface area is 134 Å². The van der Waals surface area contributed by atoms with Crippen LogP contribution in [-0.2, 0) is 19.4 Å². The Morgan fingerprint density at radius 3 is 2.96 bits per heavy atom. The largest absolute Gasteiger partial charge is 0.490 e. The zero-order valence-corrected chi connectivity index (χ0v) is 13.2. The smallest absolute Gasteiger partial charge is 0.311 e. The second-order valence-electron chi connectivity index (χ2n) is 5.40. The van der Waals surface area contributed by atoms with Gasteiger partial charge in [-0.15, -0.1) is 0 Å². The maximum absolute atomic E-state index is 11.0. The molecule has 1 aliphatic heterocycles. The minimum Gasteiger partial charge on any atom is -0.490 e. The summed E-state index contributed by atoms with van der Waals surface area (Å²) >= 11 is 0. The van der Waals surface area contributed by atoms with Gasteiger partial charge in [-0.1, -0.05) is 6.92 Å². The molecule has 7 nitrogen and oxygen atoms in total. The zero-order chi connectivity index (χ0) is 16.4. The summed E-state index contributed by atoms with van der Waals surface area (Å²) in [5, 5.41) is 11.0. The van der Waals surface area contributed by atoms with Gasteiger partial charge in [0.05, 0.1) is 24.3 Å². The van der Waals surface area contributed by atoms with Crippen LogP contribution in [0.3, 0.4) is 0 Å². The van der Waals surface area contributed by atoms with Gasteiger partial charge in [0.25, 0.3) is 0 Å². The van der Waals surface area contributed by atoms with E-state index in [-0.39, 0.29) is 11.4 Å². The topological polar surface area (TPSA) is 81.4 Å². The lowest BCUT2D eigenvalue weighted by molar-refractivity contribution is -0.385. The summed E-state index contributed by atoms with van der Waals surface area (Å²) < 4.78 is 5.15. The van der Waals surface area contributed by atoms with Crippen molar-refractivity contribution in [1.29, 1.82) is 0 Å². The fraction of sp³-hybridized carbons (Fsp3) is 0.375. The SMILES string of the molecule is CCc1ncc2c(n1)CN(c1ccc([N+](=O)[O-])c(OC)c1)CC2. The molecule has 120 valence electrons. The Balaban J connectivity index is 1.89. The Hall–Kier alpha value is -2.70. The van der Waals surface area contributed by atoms with Crippen LogP contribution in [0.15, 0.2) is 24.4 Å². The van der Waals surface area contributed by atoms with E-state index in [0.717, 1.165) is 36.6 Å². The van der Waals surface area contributed by atoms with E-state index in [1.165, 1.54) is 18.7 Å². The molecule has 1 aliphatic rings. The van der Waals surface area contributed by atoms with E-state index in [1.807, 2.05) is 13.1 Å². The second-order valence-corrected chi connectivity index (χ2v) is 5.40. The van der Waals surface area contributed by atoms with Gasteiger partial charge in [-0.05, 0) is 18.1 Å². The molecule has 23 heavy (non-hydrogen) atoms. The van der Waals surface area contributed by atoms with Crippen molar-refractivity contribution in [2.45, 2.75) is 26.3 Å². The number of benzene rings is 1. The number of aryl methyl sites for hydroxylation is 1. The second kappa shape index (κ2) is 6.20. The number of aromatic nitrogens is 2. The molecule has 0 aliphatic carbocycles. The van der Waals surface area contributed by atoms with Gasteiger partial charge in [-0.25, -0.2) is 9.97 Å². The Bertz CT molecular complexity index is 748. The van der Waals surface area contributed by atoms with Gasteiger partial charge < -0.3 is 9.64 Å². The van der Waals surface area contributed by atoms with E-state index in [0.29, 0.717) is 6.54 Å². The average molecular weight is 314 g/mol. The minimum absolute atomic E-state index is 0.0238. The highest BCUT2D eigenvalue weighted by Crippen LogP contribution is 2.33. The van der Waals surface area contributed by atoms with Crippen LogP contribution in [0.4, 0.5) is 11.4 Å². The van der Waals surface area contributed by atoms with E-state index in [1.54, 1.807) is 12.1 Å². The van der Waals surface area contributed by atoms with Crippen molar-refractivity contribution in [3.63, 3.8) is 0 Å².